The van der Waals surface area contributed by atoms with E-state index in [0.29, 0.717) is 33.4 Å². The van der Waals surface area contributed by atoms with E-state index in [9.17, 15) is 0 Å². The number of rotatable bonds is 11. The zero-order chi connectivity index (χ0) is 33.8. The lowest BCUT2D eigenvalue weighted by atomic mass is 9.80. The molecular formula is C40H32BrFN4O3. The van der Waals surface area contributed by atoms with Gasteiger partial charge in [-0.2, -0.15) is 0 Å². The second-order valence-electron chi connectivity index (χ2n) is 11.5. The molecule has 7 aromatic rings. The van der Waals surface area contributed by atoms with Gasteiger partial charge in [-0.1, -0.05) is 88.7 Å². The average Bonchev–Trinajstić information content (AvgIpc) is 3.14. The maximum Gasteiger partial charge on any atom is 0.156 e. The summed E-state index contributed by atoms with van der Waals surface area (Å²) in [7, 11) is 1.65. The molecule has 7 nitrogen and oxygen atoms in total. The second-order valence-corrected chi connectivity index (χ2v) is 12.4. The number of nitrogens with one attached hydrogen (secondary N) is 1. The highest BCUT2D eigenvalue weighted by atomic mass is 79.9. The van der Waals surface area contributed by atoms with Gasteiger partial charge in [0.05, 0.1) is 35.8 Å². The molecule has 0 aliphatic heterocycles. The van der Waals surface area contributed by atoms with E-state index in [1.807, 2.05) is 79.7 Å². The number of hydrogen-bond donors (Lipinski definition) is 1. The first-order valence-corrected chi connectivity index (χ1v) is 16.6. The Kier molecular flexibility index (Phi) is 9.19. The Hall–Kier alpha value is -5.38. The number of benzene rings is 5. The zero-order valence-corrected chi connectivity index (χ0v) is 28.4. The molecule has 1 atom stereocenters. The summed E-state index contributed by atoms with van der Waals surface area (Å²) in [4.78, 5) is 13.3. The minimum absolute atomic E-state index is 0.215. The quantitative estimate of drug-likeness (QED) is 0.134. The summed E-state index contributed by atoms with van der Waals surface area (Å²) in [5.41, 5.74) is 3.39. The van der Waals surface area contributed by atoms with E-state index >= 15 is 4.39 Å². The maximum atomic E-state index is 15.6. The van der Waals surface area contributed by atoms with Crippen molar-refractivity contribution in [2.45, 2.75) is 18.6 Å². The average molecular weight is 716 g/mol. The maximum absolute atomic E-state index is 15.6. The molecule has 7 rings (SSSR count). The molecule has 0 aliphatic rings. The lowest BCUT2D eigenvalue weighted by Gasteiger charge is -2.37. The third-order valence-corrected chi connectivity index (χ3v) is 8.82. The van der Waals surface area contributed by atoms with Crippen molar-refractivity contribution in [1.29, 1.82) is 0 Å². The summed E-state index contributed by atoms with van der Waals surface area (Å²) < 4.78 is 35.5. The van der Waals surface area contributed by atoms with Gasteiger partial charge in [0.1, 0.15) is 35.3 Å². The molecule has 0 bridgehead atoms. The van der Waals surface area contributed by atoms with Crippen LogP contribution in [0.3, 0.4) is 0 Å². The van der Waals surface area contributed by atoms with Crippen molar-refractivity contribution in [3.63, 3.8) is 0 Å². The fourth-order valence-electron chi connectivity index (χ4n) is 6.06. The molecular weight excluding hydrogens is 683 g/mol. The zero-order valence-electron chi connectivity index (χ0n) is 26.8. The summed E-state index contributed by atoms with van der Waals surface area (Å²) in [5, 5.41) is 4.20. The molecule has 0 spiro atoms. The number of pyridine rings is 1. The van der Waals surface area contributed by atoms with Crippen molar-refractivity contribution < 1.29 is 18.6 Å². The lowest BCUT2D eigenvalue weighted by Crippen LogP contribution is -2.36. The van der Waals surface area contributed by atoms with E-state index in [0.717, 1.165) is 26.9 Å². The van der Waals surface area contributed by atoms with E-state index in [-0.39, 0.29) is 12.3 Å². The molecule has 0 unspecified atom stereocenters. The smallest absolute Gasteiger partial charge is 0.156 e. The molecule has 0 amide bonds. The molecule has 49 heavy (non-hydrogen) atoms. The minimum Gasteiger partial charge on any atom is -0.497 e. The van der Waals surface area contributed by atoms with Crippen LogP contribution in [0, 0.1) is 5.82 Å². The van der Waals surface area contributed by atoms with E-state index in [1.54, 1.807) is 37.6 Å². The number of fused-ring (bicyclic) bond motifs is 2. The van der Waals surface area contributed by atoms with Gasteiger partial charge in [0, 0.05) is 16.1 Å². The van der Waals surface area contributed by atoms with Gasteiger partial charge >= 0.3 is 0 Å². The highest BCUT2D eigenvalue weighted by molar-refractivity contribution is 9.10. The molecule has 244 valence electrons. The SMILES string of the molecule is COc1ccc(C(OC[C@@H](C)Oc2cc(Br)cc3ncnc(Nc4ccc5ncccc5c4F)c23)(c2ccccc2)c2ccccc2)cc1. The first-order valence-electron chi connectivity index (χ1n) is 15.8. The highest BCUT2D eigenvalue weighted by Crippen LogP contribution is 2.42. The summed E-state index contributed by atoms with van der Waals surface area (Å²) in [6.07, 6.45) is 2.65. The normalized spacial score (nSPS) is 12.2. The van der Waals surface area contributed by atoms with Gasteiger partial charge < -0.3 is 19.5 Å². The van der Waals surface area contributed by atoms with Crippen LogP contribution in [0.25, 0.3) is 21.8 Å². The minimum atomic E-state index is -0.954. The van der Waals surface area contributed by atoms with Crippen molar-refractivity contribution in [2.75, 3.05) is 19.0 Å². The van der Waals surface area contributed by atoms with Crippen LogP contribution in [-0.4, -0.2) is 34.8 Å². The van der Waals surface area contributed by atoms with Crippen LogP contribution in [0.2, 0.25) is 0 Å². The van der Waals surface area contributed by atoms with Crippen LogP contribution >= 0.6 is 15.9 Å². The van der Waals surface area contributed by atoms with Crippen LogP contribution < -0.4 is 14.8 Å². The summed E-state index contributed by atoms with van der Waals surface area (Å²) in [5.74, 6) is 1.25. The Morgan fingerprint density at radius 2 is 1.47 bits per heavy atom. The van der Waals surface area contributed by atoms with Gasteiger partial charge in [0.25, 0.3) is 0 Å². The van der Waals surface area contributed by atoms with Crippen molar-refractivity contribution >= 4 is 49.2 Å². The van der Waals surface area contributed by atoms with Crippen molar-refractivity contribution in [3.8, 4) is 11.5 Å². The molecule has 0 radical (unpaired) electrons. The third-order valence-electron chi connectivity index (χ3n) is 8.36. The molecule has 0 saturated carbocycles. The fraction of sp³-hybridized carbons (Fsp3) is 0.125. The Morgan fingerprint density at radius 3 is 2.16 bits per heavy atom. The number of halogens is 2. The van der Waals surface area contributed by atoms with E-state index < -0.39 is 17.5 Å². The molecule has 5 aromatic carbocycles. The van der Waals surface area contributed by atoms with Crippen LogP contribution in [0.5, 0.6) is 11.5 Å². The predicted octanol–water partition coefficient (Wildman–Crippen LogP) is 9.61. The van der Waals surface area contributed by atoms with Gasteiger partial charge in [0.2, 0.25) is 0 Å². The van der Waals surface area contributed by atoms with Crippen LogP contribution in [-0.2, 0) is 10.3 Å². The largest absolute Gasteiger partial charge is 0.497 e. The summed E-state index contributed by atoms with van der Waals surface area (Å²) >= 11 is 3.61. The number of nitrogens with zero attached hydrogens (tertiary/aromatic N) is 3. The van der Waals surface area contributed by atoms with E-state index in [4.69, 9.17) is 14.2 Å². The molecule has 2 aromatic heterocycles. The van der Waals surface area contributed by atoms with Crippen molar-refractivity contribution in [3.05, 3.63) is 161 Å². The molecule has 9 heteroatoms. The third kappa shape index (κ3) is 6.42. The number of hydrogen-bond acceptors (Lipinski definition) is 7. The first kappa shape index (κ1) is 32.2. The van der Waals surface area contributed by atoms with Crippen LogP contribution in [0.4, 0.5) is 15.9 Å². The second kappa shape index (κ2) is 14.0. The van der Waals surface area contributed by atoms with Crippen LogP contribution in [0.1, 0.15) is 23.6 Å². The lowest BCUT2D eigenvalue weighted by molar-refractivity contribution is -0.0253. The molecule has 0 aliphatic carbocycles. The Labute approximate surface area is 291 Å². The molecule has 0 fully saturated rings. The Balaban J connectivity index is 1.24. The van der Waals surface area contributed by atoms with E-state index in [2.05, 4.69) is 60.5 Å². The van der Waals surface area contributed by atoms with Gasteiger partial charge in [-0.3, -0.25) is 4.98 Å². The van der Waals surface area contributed by atoms with Crippen molar-refractivity contribution in [1.82, 2.24) is 15.0 Å². The molecule has 0 saturated heterocycles. The molecule has 2 heterocycles. The summed E-state index contributed by atoms with van der Waals surface area (Å²) in [6, 6.07) is 38.8. The number of anilines is 2. The standard InChI is InChI=1S/C40H32BrFN4O3/c1-26(24-48-40(27-10-5-3-6-11-27,28-12-7-4-8-13-28)29-15-17-31(47-2)18-16-29)49-36-23-30(41)22-35-37(36)39(45-25-44-35)46-34-20-19-33-32(38(34)42)14-9-21-43-33/h3-23,25-26H,24H2,1-2H3,(H,44,45,46)/t26-/m1/s1. The molecule has 1 N–H and O–H groups in total. The number of ether oxygens (including phenoxy) is 3. The topological polar surface area (TPSA) is 78.4 Å². The van der Waals surface area contributed by atoms with E-state index in [1.165, 1.54) is 6.33 Å². The number of aromatic nitrogens is 3. The Bertz CT molecular complexity index is 2180. The first-order chi connectivity index (χ1) is 24.0. The predicted molar refractivity (Wildman–Crippen MR) is 194 cm³/mol. The monoisotopic (exact) mass is 714 g/mol. The fourth-order valence-corrected chi connectivity index (χ4v) is 6.49. The van der Waals surface area contributed by atoms with Gasteiger partial charge in [-0.15, -0.1) is 0 Å². The Morgan fingerprint density at radius 1 is 0.776 bits per heavy atom. The van der Waals surface area contributed by atoms with Crippen molar-refractivity contribution in [2.24, 2.45) is 0 Å². The highest BCUT2D eigenvalue weighted by Gasteiger charge is 2.38. The van der Waals surface area contributed by atoms with Crippen LogP contribution in [0.15, 0.2) is 138 Å². The van der Waals surface area contributed by atoms with Gasteiger partial charge in [-0.25, -0.2) is 14.4 Å². The van der Waals surface area contributed by atoms with Gasteiger partial charge in [-0.05, 0) is 72.1 Å². The van der Waals surface area contributed by atoms with Gasteiger partial charge in [0.15, 0.2) is 5.82 Å². The number of methoxy groups -OCH3 is 1. The summed E-state index contributed by atoms with van der Waals surface area (Å²) in [6.45, 7) is 2.17.